The van der Waals surface area contributed by atoms with Crippen molar-refractivity contribution < 1.29 is 4.43 Å². The average molecular weight is 337 g/mol. The van der Waals surface area contributed by atoms with Crippen LogP contribution in [-0.2, 0) is 4.43 Å². The van der Waals surface area contributed by atoms with E-state index in [9.17, 15) is 0 Å². The highest BCUT2D eigenvalue weighted by atomic mass is 79.9. The van der Waals surface area contributed by atoms with Gasteiger partial charge in [0, 0.05) is 6.61 Å². The van der Waals surface area contributed by atoms with Gasteiger partial charge >= 0.3 is 0 Å². The molecule has 0 amide bonds. The molecule has 1 unspecified atom stereocenters. The molecule has 18 heavy (non-hydrogen) atoms. The third-order valence-corrected chi connectivity index (χ3v) is 7.02. The summed E-state index contributed by atoms with van der Waals surface area (Å²) in [6.45, 7) is 10.7. The zero-order valence-corrected chi connectivity index (χ0v) is 15.7. The van der Waals surface area contributed by atoms with Crippen LogP contribution < -0.4 is 0 Å². The molecule has 0 rings (SSSR count). The summed E-state index contributed by atoms with van der Waals surface area (Å²) in [6, 6.07) is 1.18. The SMILES string of the molecule is CCCCCCCCCO[Si](C)(Br)CC(C)(C)C. The Morgan fingerprint density at radius 2 is 1.44 bits per heavy atom. The summed E-state index contributed by atoms with van der Waals surface area (Å²) >= 11 is 3.84. The lowest BCUT2D eigenvalue weighted by molar-refractivity contribution is 0.292. The summed E-state index contributed by atoms with van der Waals surface area (Å²) in [7, 11) is 0. The van der Waals surface area contributed by atoms with Gasteiger partial charge in [-0.2, -0.15) is 0 Å². The van der Waals surface area contributed by atoms with Crippen molar-refractivity contribution in [3.63, 3.8) is 0 Å². The Labute approximate surface area is 124 Å². The van der Waals surface area contributed by atoms with Gasteiger partial charge in [0.15, 0.2) is 0 Å². The van der Waals surface area contributed by atoms with E-state index in [-0.39, 0.29) is 0 Å². The van der Waals surface area contributed by atoms with E-state index in [1.807, 2.05) is 0 Å². The van der Waals surface area contributed by atoms with Crippen molar-refractivity contribution in [2.45, 2.75) is 85.2 Å². The van der Waals surface area contributed by atoms with Crippen molar-refractivity contribution in [2.75, 3.05) is 6.61 Å². The molecule has 0 spiro atoms. The van der Waals surface area contributed by atoms with Gasteiger partial charge in [-0.3, -0.25) is 0 Å². The molecule has 0 saturated carbocycles. The van der Waals surface area contributed by atoms with E-state index in [0.717, 1.165) is 6.61 Å². The quantitative estimate of drug-likeness (QED) is 0.259. The molecule has 0 aliphatic rings. The third kappa shape index (κ3) is 13.1. The van der Waals surface area contributed by atoms with Crippen LogP contribution in [0.5, 0.6) is 0 Å². The van der Waals surface area contributed by atoms with E-state index in [4.69, 9.17) is 4.43 Å². The number of hydrogen-bond donors (Lipinski definition) is 0. The van der Waals surface area contributed by atoms with Crippen LogP contribution in [-0.4, -0.2) is 13.5 Å². The van der Waals surface area contributed by atoms with E-state index >= 15 is 0 Å². The average Bonchev–Trinajstić information content (AvgIpc) is 2.18. The highest BCUT2D eigenvalue weighted by Crippen LogP contribution is 2.32. The van der Waals surface area contributed by atoms with Crippen LogP contribution in [0.25, 0.3) is 0 Å². The van der Waals surface area contributed by atoms with Gasteiger partial charge in [0.1, 0.15) is 0 Å². The van der Waals surface area contributed by atoms with Gasteiger partial charge in [-0.1, -0.05) is 81.5 Å². The first-order chi connectivity index (χ1) is 8.27. The minimum absolute atomic E-state index is 0.366. The standard InChI is InChI=1S/C15H33BrOSi/c1-6-7-8-9-10-11-12-13-17-18(5,16)14-15(2,3)4/h6-14H2,1-5H3. The molecule has 0 aromatic heterocycles. The van der Waals surface area contributed by atoms with E-state index in [1.54, 1.807) is 0 Å². The number of unbranched alkanes of at least 4 members (excludes halogenated alkanes) is 6. The summed E-state index contributed by atoms with van der Waals surface area (Å²) in [5, 5.41) is 0. The van der Waals surface area contributed by atoms with E-state index in [2.05, 4.69) is 49.5 Å². The summed E-state index contributed by atoms with van der Waals surface area (Å²) in [5.41, 5.74) is 0.366. The minimum atomic E-state index is -1.61. The molecular weight excluding hydrogens is 304 g/mol. The Morgan fingerprint density at radius 3 is 1.94 bits per heavy atom. The smallest absolute Gasteiger partial charge is 0.260 e. The number of hydrogen-bond acceptors (Lipinski definition) is 1. The molecule has 0 heterocycles. The van der Waals surface area contributed by atoms with Crippen molar-refractivity contribution >= 4 is 22.2 Å². The van der Waals surface area contributed by atoms with Crippen LogP contribution in [0, 0.1) is 5.41 Å². The molecule has 0 radical (unpaired) electrons. The summed E-state index contributed by atoms with van der Waals surface area (Å²) < 4.78 is 6.09. The van der Waals surface area contributed by atoms with Gasteiger partial charge in [0.05, 0.1) is 0 Å². The zero-order valence-electron chi connectivity index (χ0n) is 13.2. The normalized spacial score (nSPS) is 15.7. The van der Waals surface area contributed by atoms with Gasteiger partial charge in [0.2, 0.25) is 0 Å². The van der Waals surface area contributed by atoms with Gasteiger partial charge in [0.25, 0.3) is 6.94 Å². The minimum Gasteiger partial charge on any atom is -0.407 e. The van der Waals surface area contributed by atoms with E-state index in [0.29, 0.717) is 5.41 Å². The van der Waals surface area contributed by atoms with E-state index in [1.165, 1.54) is 51.0 Å². The van der Waals surface area contributed by atoms with E-state index < -0.39 is 6.94 Å². The molecule has 0 aromatic rings. The largest absolute Gasteiger partial charge is 0.407 e. The van der Waals surface area contributed by atoms with Crippen LogP contribution in [0.3, 0.4) is 0 Å². The van der Waals surface area contributed by atoms with Gasteiger partial charge in [-0.15, -0.1) is 0 Å². The van der Waals surface area contributed by atoms with Gasteiger partial charge in [-0.25, -0.2) is 0 Å². The van der Waals surface area contributed by atoms with Gasteiger partial charge < -0.3 is 4.43 Å². The molecule has 0 bridgehead atoms. The zero-order chi connectivity index (χ0) is 14.1. The van der Waals surface area contributed by atoms with Crippen molar-refractivity contribution in [3.05, 3.63) is 0 Å². The highest BCUT2D eigenvalue weighted by molar-refractivity contribution is 9.25. The molecule has 1 atom stereocenters. The molecule has 0 aliphatic heterocycles. The Morgan fingerprint density at radius 1 is 0.944 bits per heavy atom. The summed E-state index contributed by atoms with van der Waals surface area (Å²) in [6.07, 6.45) is 9.48. The fraction of sp³-hybridized carbons (Fsp3) is 1.00. The second kappa shape index (κ2) is 9.54. The number of rotatable bonds is 10. The van der Waals surface area contributed by atoms with Gasteiger partial charge in [-0.05, 0) is 24.4 Å². The molecule has 1 nitrogen and oxygen atoms in total. The predicted molar refractivity (Wildman–Crippen MR) is 88.8 cm³/mol. The highest BCUT2D eigenvalue weighted by Gasteiger charge is 2.31. The first-order valence-corrected chi connectivity index (χ1v) is 12.5. The van der Waals surface area contributed by atoms with Crippen molar-refractivity contribution in [3.8, 4) is 0 Å². The molecule has 110 valence electrons. The Hall–Kier alpha value is 0.657. The molecule has 0 aliphatic carbocycles. The first-order valence-electron chi connectivity index (χ1n) is 7.60. The fourth-order valence-corrected chi connectivity index (χ4v) is 7.92. The Bertz CT molecular complexity index is 199. The molecule has 0 fully saturated rings. The van der Waals surface area contributed by atoms with Crippen LogP contribution in [0.1, 0.15) is 72.6 Å². The summed E-state index contributed by atoms with van der Waals surface area (Å²) in [4.78, 5) is 0. The van der Waals surface area contributed by atoms with Crippen LogP contribution in [0.4, 0.5) is 0 Å². The predicted octanol–water partition coefficient (Wildman–Crippen LogP) is 6.27. The summed E-state index contributed by atoms with van der Waals surface area (Å²) in [5.74, 6) is 0. The molecule has 0 aromatic carbocycles. The lowest BCUT2D eigenvalue weighted by Gasteiger charge is -2.28. The van der Waals surface area contributed by atoms with Crippen LogP contribution in [0.15, 0.2) is 0 Å². The van der Waals surface area contributed by atoms with Crippen molar-refractivity contribution in [1.29, 1.82) is 0 Å². The lowest BCUT2D eigenvalue weighted by Crippen LogP contribution is -2.32. The molecular formula is C15H33BrOSi. The maximum atomic E-state index is 6.09. The third-order valence-electron chi connectivity index (χ3n) is 3.00. The second-order valence-corrected chi connectivity index (χ2v) is 14.7. The van der Waals surface area contributed by atoms with Crippen LogP contribution >= 0.6 is 15.3 Å². The molecule has 0 N–H and O–H groups in total. The lowest BCUT2D eigenvalue weighted by atomic mass is 10.0. The van der Waals surface area contributed by atoms with Crippen molar-refractivity contribution in [1.82, 2.24) is 0 Å². The Kier molecular flexibility index (Phi) is 9.89. The maximum Gasteiger partial charge on any atom is 0.260 e. The van der Waals surface area contributed by atoms with Crippen LogP contribution in [0.2, 0.25) is 12.6 Å². The second-order valence-electron chi connectivity index (χ2n) is 6.81. The topological polar surface area (TPSA) is 9.23 Å². The number of halogens is 1. The maximum absolute atomic E-state index is 6.09. The molecule has 0 saturated heterocycles. The monoisotopic (exact) mass is 336 g/mol. The fourth-order valence-electron chi connectivity index (χ4n) is 2.34. The first kappa shape index (κ1) is 18.7. The van der Waals surface area contributed by atoms with Crippen molar-refractivity contribution in [2.24, 2.45) is 5.41 Å². The molecule has 3 heteroatoms. The Balaban J connectivity index is 3.47.